The van der Waals surface area contributed by atoms with E-state index >= 15 is 0 Å². The number of carbonyl (C=O) groups excluding carboxylic acids is 1. The summed E-state index contributed by atoms with van der Waals surface area (Å²) in [6, 6.07) is 0.427. The summed E-state index contributed by atoms with van der Waals surface area (Å²) in [6.45, 7) is 6.41. The van der Waals surface area contributed by atoms with Gasteiger partial charge in [-0.05, 0) is 50.4 Å². The summed E-state index contributed by atoms with van der Waals surface area (Å²) in [5.41, 5.74) is 0.323. The highest BCUT2D eigenvalue weighted by atomic mass is 16.2. The molecule has 0 N–H and O–H groups in total. The first-order valence-electron chi connectivity index (χ1n) is 8.96. The highest BCUT2D eigenvalue weighted by Crippen LogP contribution is 2.58. The third-order valence-electron chi connectivity index (χ3n) is 6.09. The summed E-state index contributed by atoms with van der Waals surface area (Å²) >= 11 is 0. The summed E-state index contributed by atoms with van der Waals surface area (Å²) in [6.07, 6.45) is 13.8. The lowest BCUT2D eigenvalue weighted by molar-refractivity contribution is -0.137. The Hall–Kier alpha value is -1.32. The maximum absolute atomic E-state index is 13.0. The lowest BCUT2D eigenvalue weighted by atomic mass is 9.94. The Morgan fingerprint density at radius 3 is 2.77 bits per heavy atom. The van der Waals surface area contributed by atoms with E-state index in [4.69, 9.17) is 0 Å². The number of piperidine rings is 1. The summed E-state index contributed by atoms with van der Waals surface area (Å²) in [4.78, 5) is 19.3. The first-order chi connectivity index (χ1) is 10.7. The van der Waals surface area contributed by atoms with Crippen LogP contribution in [0.15, 0.2) is 18.7 Å². The average Bonchev–Trinajstić information content (AvgIpc) is 3.07. The van der Waals surface area contributed by atoms with Crippen LogP contribution in [0.25, 0.3) is 0 Å². The van der Waals surface area contributed by atoms with Crippen molar-refractivity contribution in [3.8, 4) is 0 Å². The molecule has 4 nitrogen and oxygen atoms in total. The number of aromatic nitrogens is 2. The van der Waals surface area contributed by atoms with E-state index in [1.54, 1.807) is 0 Å². The molecule has 4 heteroatoms. The maximum atomic E-state index is 13.0. The van der Waals surface area contributed by atoms with Gasteiger partial charge in [0.2, 0.25) is 5.91 Å². The summed E-state index contributed by atoms with van der Waals surface area (Å²) in [7, 11) is 0. The van der Waals surface area contributed by atoms with Crippen molar-refractivity contribution >= 4 is 5.91 Å². The second kappa shape index (κ2) is 6.43. The largest absolute Gasteiger partial charge is 0.339 e. The molecule has 1 saturated heterocycles. The number of likely N-dealkylation sites (tertiary alicyclic amines) is 1. The third kappa shape index (κ3) is 2.92. The Morgan fingerprint density at radius 1 is 1.32 bits per heavy atom. The van der Waals surface area contributed by atoms with Crippen LogP contribution >= 0.6 is 0 Å². The Balaban J connectivity index is 1.61. The van der Waals surface area contributed by atoms with Gasteiger partial charge in [0.25, 0.3) is 0 Å². The van der Waals surface area contributed by atoms with E-state index in [-0.39, 0.29) is 0 Å². The second-order valence-electron chi connectivity index (χ2n) is 7.10. The standard InChI is InChI=1S/C18H29N3O/c1-3-18(4-2)13-16(18)17(22)21-10-6-5-7-15(21)8-11-20-12-9-19-14-20/h9,12,14-16H,3-8,10-11,13H2,1-2H3/t15-,16+/m0/s1. The van der Waals surface area contributed by atoms with Gasteiger partial charge in [0.1, 0.15) is 0 Å². The van der Waals surface area contributed by atoms with Crippen molar-refractivity contribution in [2.75, 3.05) is 6.54 Å². The van der Waals surface area contributed by atoms with Gasteiger partial charge in [0, 0.05) is 37.4 Å². The third-order valence-corrected chi connectivity index (χ3v) is 6.09. The Kier molecular flexibility index (Phi) is 4.55. The molecule has 2 atom stereocenters. The highest BCUT2D eigenvalue weighted by Gasteiger charge is 2.56. The maximum Gasteiger partial charge on any atom is 0.226 e. The van der Waals surface area contributed by atoms with Gasteiger partial charge in [0.05, 0.1) is 6.33 Å². The molecule has 0 unspecified atom stereocenters. The molecule has 2 aliphatic rings. The van der Waals surface area contributed by atoms with Crippen molar-refractivity contribution in [1.29, 1.82) is 0 Å². The summed E-state index contributed by atoms with van der Waals surface area (Å²) in [5, 5.41) is 0. The summed E-state index contributed by atoms with van der Waals surface area (Å²) < 4.78 is 2.12. The molecule has 1 aliphatic carbocycles. The van der Waals surface area contributed by atoms with E-state index in [2.05, 4.69) is 28.3 Å². The van der Waals surface area contributed by atoms with Gasteiger partial charge in [-0.3, -0.25) is 4.79 Å². The molecular formula is C18H29N3O. The van der Waals surface area contributed by atoms with Crippen LogP contribution in [0.1, 0.15) is 58.8 Å². The summed E-state index contributed by atoms with van der Waals surface area (Å²) in [5.74, 6) is 0.746. The topological polar surface area (TPSA) is 38.1 Å². The van der Waals surface area contributed by atoms with Gasteiger partial charge in [-0.25, -0.2) is 4.98 Å². The van der Waals surface area contributed by atoms with Crippen molar-refractivity contribution in [2.24, 2.45) is 11.3 Å². The first-order valence-corrected chi connectivity index (χ1v) is 8.96. The molecule has 2 fully saturated rings. The van der Waals surface area contributed by atoms with Crippen LogP contribution in [0.4, 0.5) is 0 Å². The molecule has 3 rings (SSSR count). The minimum Gasteiger partial charge on any atom is -0.339 e. The molecular weight excluding hydrogens is 274 g/mol. The average molecular weight is 303 g/mol. The molecule has 1 aromatic heterocycles. The zero-order valence-corrected chi connectivity index (χ0v) is 14.0. The smallest absolute Gasteiger partial charge is 0.226 e. The molecule has 1 aromatic rings. The van der Waals surface area contributed by atoms with Crippen LogP contribution < -0.4 is 0 Å². The number of rotatable bonds is 6. The molecule has 0 radical (unpaired) electrons. The van der Waals surface area contributed by atoms with Gasteiger partial charge < -0.3 is 9.47 Å². The predicted octanol–water partition coefficient (Wildman–Crippen LogP) is 3.48. The van der Waals surface area contributed by atoms with Crippen molar-refractivity contribution in [3.05, 3.63) is 18.7 Å². The zero-order chi connectivity index (χ0) is 15.6. The van der Waals surface area contributed by atoms with Gasteiger partial charge in [-0.15, -0.1) is 0 Å². The van der Waals surface area contributed by atoms with Crippen LogP contribution in [0, 0.1) is 11.3 Å². The predicted molar refractivity (Wildman–Crippen MR) is 87.3 cm³/mol. The van der Waals surface area contributed by atoms with E-state index in [0.717, 1.165) is 38.8 Å². The molecule has 0 bridgehead atoms. The van der Waals surface area contributed by atoms with E-state index in [1.807, 2.05) is 18.7 Å². The number of nitrogens with zero attached hydrogens (tertiary/aromatic N) is 3. The molecule has 122 valence electrons. The van der Waals surface area contributed by atoms with Gasteiger partial charge in [0.15, 0.2) is 0 Å². The number of carbonyl (C=O) groups is 1. The Labute approximate surface area is 133 Å². The molecule has 0 aromatic carbocycles. The van der Waals surface area contributed by atoms with Gasteiger partial charge >= 0.3 is 0 Å². The van der Waals surface area contributed by atoms with Crippen LogP contribution in [0.3, 0.4) is 0 Å². The fraction of sp³-hybridized carbons (Fsp3) is 0.778. The number of amides is 1. The molecule has 22 heavy (non-hydrogen) atoms. The highest BCUT2D eigenvalue weighted by molar-refractivity contribution is 5.83. The first kappa shape index (κ1) is 15.6. The van der Waals surface area contributed by atoms with E-state index in [9.17, 15) is 4.79 Å². The number of aryl methyl sites for hydroxylation is 1. The van der Waals surface area contributed by atoms with Crippen LogP contribution in [0.5, 0.6) is 0 Å². The van der Waals surface area contributed by atoms with Crippen LogP contribution in [0.2, 0.25) is 0 Å². The fourth-order valence-corrected chi connectivity index (χ4v) is 4.24. The minimum absolute atomic E-state index is 0.302. The Bertz CT molecular complexity index is 492. The van der Waals surface area contributed by atoms with Crippen molar-refractivity contribution < 1.29 is 4.79 Å². The molecule has 1 aliphatic heterocycles. The van der Waals surface area contributed by atoms with Crippen molar-refractivity contribution in [3.63, 3.8) is 0 Å². The van der Waals surface area contributed by atoms with Crippen LogP contribution in [-0.4, -0.2) is 32.9 Å². The number of hydrogen-bond donors (Lipinski definition) is 0. The van der Waals surface area contributed by atoms with Crippen molar-refractivity contribution in [1.82, 2.24) is 14.5 Å². The zero-order valence-electron chi connectivity index (χ0n) is 14.0. The number of imidazole rings is 1. The lowest BCUT2D eigenvalue weighted by Gasteiger charge is -2.36. The second-order valence-corrected chi connectivity index (χ2v) is 7.10. The van der Waals surface area contributed by atoms with Gasteiger partial charge in [-0.1, -0.05) is 13.8 Å². The Morgan fingerprint density at radius 2 is 2.14 bits per heavy atom. The van der Waals surface area contributed by atoms with E-state index < -0.39 is 0 Å². The monoisotopic (exact) mass is 303 g/mol. The van der Waals surface area contributed by atoms with Gasteiger partial charge in [-0.2, -0.15) is 0 Å². The molecule has 0 spiro atoms. The fourth-order valence-electron chi connectivity index (χ4n) is 4.24. The lowest BCUT2D eigenvalue weighted by Crippen LogP contribution is -2.45. The quantitative estimate of drug-likeness (QED) is 0.807. The number of hydrogen-bond acceptors (Lipinski definition) is 2. The molecule has 1 amide bonds. The molecule has 1 saturated carbocycles. The van der Waals surface area contributed by atoms with Crippen LogP contribution in [-0.2, 0) is 11.3 Å². The minimum atomic E-state index is 0.302. The van der Waals surface area contributed by atoms with Crippen molar-refractivity contribution in [2.45, 2.75) is 71.4 Å². The normalized spacial score (nSPS) is 26.9. The van der Waals surface area contributed by atoms with E-state index in [1.165, 1.54) is 19.3 Å². The molecule has 2 heterocycles. The SMILES string of the molecule is CCC1(CC)C[C@@H]1C(=O)N1CCCC[C@H]1CCn1ccnc1. The van der Waals surface area contributed by atoms with E-state index in [0.29, 0.717) is 23.3 Å².